The summed E-state index contributed by atoms with van der Waals surface area (Å²) in [6.45, 7) is 0.678. The zero-order chi connectivity index (χ0) is 19.0. The highest BCUT2D eigenvalue weighted by molar-refractivity contribution is 5.64. The van der Waals surface area contributed by atoms with Crippen LogP contribution >= 0.6 is 0 Å². The van der Waals surface area contributed by atoms with Gasteiger partial charge in [-0.1, -0.05) is 6.07 Å². The van der Waals surface area contributed by atoms with Crippen molar-refractivity contribution in [2.75, 3.05) is 6.54 Å². The lowest BCUT2D eigenvalue weighted by molar-refractivity contribution is -0.404. The summed E-state index contributed by atoms with van der Waals surface area (Å²) in [5.74, 6) is -1.21. The van der Waals surface area contributed by atoms with Crippen LogP contribution in [0.15, 0.2) is 36.5 Å². The number of pyridine rings is 1. The van der Waals surface area contributed by atoms with Crippen LogP contribution in [0, 0.1) is 30.3 Å². The average Bonchev–Trinajstić information content (AvgIpc) is 2.56. The van der Waals surface area contributed by atoms with Crippen molar-refractivity contribution in [3.8, 4) is 5.75 Å². The van der Waals surface area contributed by atoms with E-state index in [0.717, 1.165) is 12.1 Å². The molecule has 0 amide bonds. The molecule has 1 aromatic heterocycles. The normalized spacial score (nSPS) is 9.64. The van der Waals surface area contributed by atoms with E-state index >= 15 is 0 Å². The molecule has 0 atom stereocenters. The number of nitro groups is 3. The van der Waals surface area contributed by atoms with Crippen molar-refractivity contribution in [2.24, 2.45) is 5.73 Å². The maximum atomic E-state index is 10.4. The first kappa shape index (κ1) is 19.4. The van der Waals surface area contributed by atoms with Gasteiger partial charge in [-0.25, -0.2) is 0 Å². The van der Waals surface area contributed by atoms with E-state index in [1.54, 1.807) is 6.20 Å². The molecule has 0 aliphatic carbocycles. The number of aromatic nitrogens is 1. The SMILES string of the molecule is NCCc1ccccn1.O=[N+]([O-])c1cc([N+](=O)[O-])c(O)c([N+](=O)[O-])c1. The molecule has 2 rings (SSSR count). The van der Waals surface area contributed by atoms with Crippen molar-refractivity contribution in [2.45, 2.75) is 6.42 Å². The Morgan fingerprint density at radius 3 is 1.92 bits per heavy atom. The first-order valence-corrected chi connectivity index (χ1v) is 6.68. The first-order valence-electron chi connectivity index (χ1n) is 6.68. The van der Waals surface area contributed by atoms with Gasteiger partial charge in [0.15, 0.2) is 0 Å². The maximum absolute atomic E-state index is 10.4. The highest BCUT2D eigenvalue weighted by Crippen LogP contribution is 2.38. The zero-order valence-corrected chi connectivity index (χ0v) is 12.6. The number of phenolic OH excluding ortho intramolecular Hbond substituents is 1. The van der Waals surface area contributed by atoms with Crippen LogP contribution in [0.4, 0.5) is 17.1 Å². The fraction of sp³-hybridized carbons (Fsp3) is 0.154. The average molecular weight is 351 g/mol. The molecule has 0 saturated heterocycles. The number of nitro benzene ring substituents is 3. The molecule has 0 aliphatic heterocycles. The standard InChI is InChI=1S/C7H10N2.C6H3N3O7/c8-5-4-7-3-1-2-6-9-7;10-6-4(8(13)14)1-3(7(11)12)2-5(6)9(15)16/h1-3,6H,4-5,8H2;1-2,10H. The molecular formula is C13H13N5O7. The van der Waals surface area contributed by atoms with Gasteiger partial charge in [-0.3, -0.25) is 35.3 Å². The second-order valence-electron chi connectivity index (χ2n) is 4.46. The number of hydrogen-bond acceptors (Lipinski definition) is 9. The van der Waals surface area contributed by atoms with Gasteiger partial charge in [-0.2, -0.15) is 0 Å². The number of nitrogens with zero attached hydrogens (tertiary/aromatic N) is 4. The van der Waals surface area contributed by atoms with Crippen molar-refractivity contribution in [3.05, 3.63) is 72.6 Å². The van der Waals surface area contributed by atoms with Crippen molar-refractivity contribution in [1.29, 1.82) is 0 Å². The molecule has 1 heterocycles. The molecule has 0 radical (unpaired) electrons. The molecular weight excluding hydrogens is 338 g/mol. The molecule has 0 saturated carbocycles. The summed E-state index contributed by atoms with van der Waals surface area (Å²) >= 11 is 0. The van der Waals surface area contributed by atoms with E-state index in [1.165, 1.54) is 0 Å². The van der Waals surface area contributed by atoms with E-state index in [4.69, 9.17) is 10.8 Å². The van der Waals surface area contributed by atoms with E-state index in [2.05, 4.69) is 4.98 Å². The van der Waals surface area contributed by atoms with Gasteiger partial charge in [0.1, 0.15) is 0 Å². The van der Waals surface area contributed by atoms with Crippen LogP contribution in [0.2, 0.25) is 0 Å². The van der Waals surface area contributed by atoms with Crippen molar-refractivity contribution >= 4 is 17.1 Å². The summed E-state index contributed by atoms with van der Waals surface area (Å²) in [6, 6.07) is 6.75. The fourth-order valence-corrected chi connectivity index (χ4v) is 1.67. The van der Waals surface area contributed by atoms with Gasteiger partial charge in [0.05, 0.1) is 26.9 Å². The van der Waals surface area contributed by atoms with Gasteiger partial charge in [-0.15, -0.1) is 0 Å². The molecule has 2 aromatic rings. The molecule has 3 N–H and O–H groups in total. The quantitative estimate of drug-likeness (QED) is 0.596. The van der Waals surface area contributed by atoms with Crippen LogP contribution in [0.5, 0.6) is 5.75 Å². The van der Waals surface area contributed by atoms with Gasteiger partial charge in [0.25, 0.3) is 11.4 Å². The van der Waals surface area contributed by atoms with Crippen molar-refractivity contribution in [1.82, 2.24) is 4.98 Å². The predicted octanol–water partition coefficient (Wildman–Crippen LogP) is 1.70. The number of aromatic hydroxyl groups is 1. The Kier molecular flexibility index (Phi) is 6.84. The topological polar surface area (TPSA) is 189 Å². The number of nitrogens with two attached hydrogens (primary N) is 1. The summed E-state index contributed by atoms with van der Waals surface area (Å²) in [7, 11) is 0. The number of non-ortho nitro benzene ring substituents is 1. The molecule has 25 heavy (non-hydrogen) atoms. The Balaban J connectivity index is 0.000000293. The number of hydrogen-bond donors (Lipinski definition) is 2. The Hall–Kier alpha value is -3.67. The highest BCUT2D eigenvalue weighted by Gasteiger charge is 2.30. The second kappa shape index (κ2) is 8.83. The lowest BCUT2D eigenvalue weighted by atomic mass is 10.2. The molecule has 12 heteroatoms. The minimum Gasteiger partial charge on any atom is -0.497 e. The predicted molar refractivity (Wildman–Crippen MR) is 85.1 cm³/mol. The van der Waals surface area contributed by atoms with Crippen LogP contribution in [0.1, 0.15) is 5.69 Å². The van der Waals surface area contributed by atoms with E-state index in [-0.39, 0.29) is 0 Å². The third-order valence-corrected chi connectivity index (χ3v) is 2.79. The van der Waals surface area contributed by atoms with Gasteiger partial charge in [0, 0.05) is 18.3 Å². The van der Waals surface area contributed by atoms with Gasteiger partial charge in [0.2, 0.25) is 0 Å². The lowest BCUT2D eigenvalue weighted by Crippen LogP contribution is -2.03. The van der Waals surface area contributed by atoms with Crippen LogP contribution in [0.25, 0.3) is 0 Å². The Morgan fingerprint density at radius 2 is 1.56 bits per heavy atom. The Labute approximate surface area is 140 Å². The van der Waals surface area contributed by atoms with Gasteiger partial charge >= 0.3 is 11.4 Å². The molecule has 132 valence electrons. The molecule has 0 spiro atoms. The van der Waals surface area contributed by atoms with Crippen LogP contribution < -0.4 is 5.73 Å². The Bertz CT molecular complexity index is 747. The number of benzene rings is 1. The number of rotatable bonds is 5. The Morgan fingerprint density at radius 1 is 1.00 bits per heavy atom. The maximum Gasteiger partial charge on any atom is 0.324 e. The minimum atomic E-state index is -1.21. The smallest absolute Gasteiger partial charge is 0.324 e. The molecule has 0 unspecified atom stereocenters. The third kappa shape index (κ3) is 5.47. The van der Waals surface area contributed by atoms with E-state index in [1.807, 2.05) is 18.2 Å². The molecule has 12 nitrogen and oxygen atoms in total. The first-order chi connectivity index (χ1) is 11.8. The zero-order valence-electron chi connectivity index (χ0n) is 12.6. The second-order valence-corrected chi connectivity index (χ2v) is 4.46. The largest absolute Gasteiger partial charge is 0.497 e. The monoisotopic (exact) mass is 351 g/mol. The summed E-state index contributed by atoms with van der Waals surface area (Å²) in [6.07, 6.45) is 2.66. The summed E-state index contributed by atoms with van der Waals surface area (Å²) in [5.41, 5.74) is 3.39. The van der Waals surface area contributed by atoms with E-state index in [0.29, 0.717) is 18.7 Å². The van der Waals surface area contributed by atoms with Crippen molar-refractivity contribution in [3.63, 3.8) is 0 Å². The molecule has 0 bridgehead atoms. The lowest BCUT2D eigenvalue weighted by Gasteiger charge is -1.97. The van der Waals surface area contributed by atoms with Crippen molar-refractivity contribution < 1.29 is 19.9 Å². The molecule has 0 fully saturated rings. The van der Waals surface area contributed by atoms with Gasteiger partial charge < -0.3 is 10.8 Å². The number of phenols is 1. The fourth-order valence-electron chi connectivity index (χ4n) is 1.67. The molecule has 0 aliphatic rings. The minimum absolute atomic E-state index is 0.447. The van der Waals surface area contributed by atoms with Crippen LogP contribution in [0.3, 0.4) is 0 Å². The van der Waals surface area contributed by atoms with E-state index < -0.39 is 37.6 Å². The molecule has 1 aromatic carbocycles. The van der Waals surface area contributed by atoms with Gasteiger partial charge in [-0.05, 0) is 18.7 Å². The summed E-state index contributed by atoms with van der Waals surface area (Å²) in [4.78, 5) is 31.9. The van der Waals surface area contributed by atoms with E-state index in [9.17, 15) is 30.3 Å². The summed E-state index contributed by atoms with van der Waals surface area (Å²) < 4.78 is 0. The highest BCUT2D eigenvalue weighted by atomic mass is 16.6. The van der Waals surface area contributed by atoms with Crippen LogP contribution in [-0.2, 0) is 6.42 Å². The third-order valence-electron chi connectivity index (χ3n) is 2.79. The van der Waals surface area contributed by atoms with Crippen LogP contribution in [-0.4, -0.2) is 31.4 Å². The summed E-state index contributed by atoms with van der Waals surface area (Å²) in [5, 5.41) is 40.2.